The average molecular weight is 182 g/mol. The number of hydrogen-bond acceptors (Lipinski definition) is 2. The second kappa shape index (κ2) is 4.07. The van der Waals surface area contributed by atoms with Crippen molar-refractivity contribution >= 4 is 5.97 Å². The summed E-state index contributed by atoms with van der Waals surface area (Å²) >= 11 is 0. The minimum Gasteiger partial charge on any atom is -0.481 e. The van der Waals surface area contributed by atoms with Crippen LogP contribution in [0.4, 0.5) is 0 Å². The Morgan fingerprint density at radius 3 is 2.85 bits per heavy atom. The topological polar surface area (TPSA) is 66.0 Å². The molecule has 4 heteroatoms. The molecule has 0 spiro atoms. The van der Waals surface area contributed by atoms with Gasteiger partial charge in [-0.25, -0.2) is 4.98 Å². The molecule has 1 aromatic rings. The van der Waals surface area contributed by atoms with Gasteiger partial charge in [0.2, 0.25) is 0 Å². The summed E-state index contributed by atoms with van der Waals surface area (Å²) in [6.45, 7) is 3.78. The van der Waals surface area contributed by atoms with Crippen LogP contribution in [0.15, 0.2) is 12.5 Å². The molecule has 2 unspecified atom stereocenters. The van der Waals surface area contributed by atoms with Crippen molar-refractivity contribution in [2.45, 2.75) is 26.2 Å². The van der Waals surface area contributed by atoms with Crippen LogP contribution in [0.2, 0.25) is 0 Å². The zero-order chi connectivity index (χ0) is 9.84. The number of carboxylic acid groups (broad SMARTS) is 1. The minimum atomic E-state index is -0.746. The van der Waals surface area contributed by atoms with Crippen LogP contribution in [0.25, 0.3) is 0 Å². The molecule has 1 heterocycles. The van der Waals surface area contributed by atoms with E-state index in [1.54, 1.807) is 12.5 Å². The van der Waals surface area contributed by atoms with E-state index in [1.165, 1.54) is 0 Å². The number of aromatic nitrogens is 2. The Morgan fingerprint density at radius 1 is 1.77 bits per heavy atom. The Balaban J connectivity index is 2.76. The molecule has 0 amide bonds. The molecule has 0 bridgehead atoms. The van der Waals surface area contributed by atoms with Crippen LogP contribution >= 0.6 is 0 Å². The third-order valence-electron chi connectivity index (χ3n) is 2.37. The van der Waals surface area contributed by atoms with Gasteiger partial charge in [-0.05, 0) is 6.42 Å². The zero-order valence-corrected chi connectivity index (χ0v) is 7.82. The number of hydrogen-bond donors (Lipinski definition) is 2. The lowest BCUT2D eigenvalue weighted by Gasteiger charge is -2.16. The molecule has 0 radical (unpaired) electrons. The van der Waals surface area contributed by atoms with E-state index in [2.05, 4.69) is 9.97 Å². The molecule has 13 heavy (non-hydrogen) atoms. The van der Waals surface area contributed by atoms with Crippen molar-refractivity contribution in [1.82, 2.24) is 9.97 Å². The number of imidazole rings is 1. The lowest BCUT2D eigenvalue weighted by atomic mass is 9.89. The first-order valence-corrected chi connectivity index (χ1v) is 4.37. The Hall–Kier alpha value is -1.32. The molecule has 0 saturated carbocycles. The Kier molecular flexibility index (Phi) is 3.06. The van der Waals surface area contributed by atoms with Gasteiger partial charge in [0.25, 0.3) is 0 Å². The van der Waals surface area contributed by atoms with Crippen LogP contribution in [-0.4, -0.2) is 21.0 Å². The lowest BCUT2D eigenvalue weighted by Crippen LogP contribution is -2.19. The van der Waals surface area contributed by atoms with Gasteiger partial charge < -0.3 is 10.1 Å². The van der Waals surface area contributed by atoms with E-state index in [0.717, 1.165) is 5.69 Å². The molecule has 1 rings (SSSR count). The van der Waals surface area contributed by atoms with Gasteiger partial charge in [0.15, 0.2) is 0 Å². The summed E-state index contributed by atoms with van der Waals surface area (Å²) in [4.78, 5) is 17.6. The first-order valence-electron chi connectivity index (χ1n) is 4.37. The third-order valence-corrected chi connectivity index (χ3v) is 2.37. The van der Waals surface area contributed by atoms with Gasteiger partial charge in [0.05, 0.1) is 12.2 Å². The van der Waals surface area contributed by atoms with E-state index in [1.807, 2.05) is 13.8 Å². The number of rotatable bonds is 4. The van der Waals surface area contributed by atoms with Gasteiger partial charge in [-0.2, -0.15) is 0 Å². The predicted molar refractivity (Wildman–Crippen MR) is 48.4 cm³/mol. The van der Waals surface area contributed by atoms with Gasteiger partial charge in [-0.1, -0.05) is 13.8 Å². The smallest absolute Gasteiger partial charge is 0.307 e. The summed E-state index contributed by atoms with van der Waals surface area (Å²) in [6.07, 6.45) is 3.88. The molecule has 4 nitrogen and oxygen atoms in total. The standard InChI is InChI=1S/C9H14N2O2/c1-3-7(9(12)13)6(2)8-4-10-5-11-8/h4-7H,3H2,1-2H3,(H,10,11)(H,12,13). The predicted octanol–water partition coefficient (Wildman–Crippen LogP) is 1.62. The molecule has 2 atom stereocenters. The largest absolute Gasteiger partial charge is 0.481 e. The molecule has 0 saturated heterocycles. The summed E-state index contributed by atoms with van der Waals surface area (Å²) < 4.78 is 0. The highest BCUT2D eigenvalue weighted by atomic mass is 16.4. The van der Waals surface area contributed by atoms with Crippen molar-refractivity contribution in [2.24, 2.45) is 5.92 Å². The third kappa shape index (κ3) is 2.08. The average Bonchev–Trinajstić information content (AvgIpc) is 2.56. The van der Waals surface area contributed by atoms with Crippen molar-refractivity contribution in [3.05, 3.63) is 18.2 Å². The van der Waals surface area contributed by atoms with Crippen LogP contribution in [-0.2, 0) is 4.79 Å². The second-order valence-corrected chi connectivity index (χ2v) is 3.15. The highest BCUT2D eigenvalue weighted by Gasteiger charge is 2.24. The van der Waals surface area contributed by atoms with Crippen LogP contribution in [0.3, 0.4) is 0 Å². The maximum atomic E-state index is 10.8. The fourth-order valence-electron chi connectivity index (χ4n) is 1.47. The molecule has 0 fully saturated rings. The normalized spacial score (nSPS) is 15.2. The molecule has 0 aromatic carbocycles. The number of carbonyl (C=O) groups is 1. The van der Waals surface area contributed by atoms with E-state index in [0.29, 0.717) is 6.42 Å². The van der Waals surface area contributed by atoms with E-state index >= 15 is 0 Å². The second-order valence-electron chi connectivity index (χ2n) is 3.15. The molecular formula is C9H14N2O2. The quantitative estimate of drug-likeness (QED) is 0.743. The first-order chi connectivity index (χ1) is 6.16. The van der Waals surface area contributed by atoms with Gasteiger partial charge in [0, 0.05) is 17.8 Å². The van der Waals surface area contributed by atoms with Gasteiger partial charge in [-0.15, -0.1) is 0 Å². The van der Waals surface area contributed by atoms with Crippen LogP contribution in [0.1, 0.15) is 31.9 Å². The molecule has 0 aliphatic carbocycles. The van der Waals surface area contributed by atoms with Gasteiger partial charge >= 0.3 is 5.97 Å². The highest BCUT2D eigenvalue weighted by Crippen LogP contribution is 2.24. The summed E-state index contributed by atoms with van der Waals surface area (Å²) in [5, 5.41) is 8.91. The first kappa shape index (κ1) is 9.77. The number of nitrogens with zero attached hydrogens (tertiary/aromatic N) is 1. The molecule has 2 N–H and O–H groups in total. The summed E-state index contributed by atoms with van der Waals surface area (Å²) in [6, 6.07) is 0. The molecular weight excluding hydrogens is 168 g/mol. The van der Waals surface area contributed by atoms with Crippen molar-refractivity contribution in [3.63, 3.8) is 0 Å². The Morgan fingerprint density at radius 2 is 2.46 bits per heavy atom. The van der Waals surface area contributed by atoms with Crippen LogP contribution in [0.5, 0.6) is 0 Å². The lowest BCUT2D eigenvalue weighted by molar-refractivity contribution is -0.142. The highest BCUT2D eigenvalue weighted by molar-refractivity contribution is 5.71. The summed E-state index contributed by atoms with van der Waals surface area (Å²) in [7, 11) is 0. The number of carboxylic acids is 1. The van der Waals surface area contributed by atoms with E-state index in [4.69, 9.17) is 5.11 Å². The molecule has 72 valence electrons. The maximum Gasteiger partial charge on any atom is 0.307 e. The van der Waals surface area contributed by atoms with E-state index < -0.39 is 5.97 Å². The Labute approximate surface area is 77.0 Å². The molecule has 0 aliphatic rings. The summed E-state index contributed by atoms with van der Waals surface area (Å²) in [5.74, 6) is -1.09. The van der Waals surface area contributed by atoms with Crippen LogP contribution < -0.4 is 0 Å². The molecule has 1 aromatic heterocycles. The summed E-state index contributed by atoms with van der Waals surface area (Å²) in [5.41, 5.74) is 0.884. The SMILES string of the molecule is CCC(C(=O)O)C(C)c1cnc[nH]1. The van der Waals surface area contributed by atoms with Crippen molar-refractivity contribution in [2.75, 3.05) is 0 Å². The monoisotopic (exact) mass is 182 g/mol. The fourth-order valence-corrected chi connectivity index (χ4v) is 1.47. The fraction of sp³-hybridized carbons (Fsp3) is 0.556. The van der Waals surface area contributed by atoms with Gasteiger partial charge in [0.1, 0.15) is 0 Å². The Bertz CT molecular complexity index is 269. The molecule has 0 aliphatic heterocycles. The number of nitrogens with one attached hydrogen (secondary N) is 1. The van der Waals surface area contributed by atoms with E-state index in [9.17, 15) is 4.79 Å². The zero-order valence-electron chi connectivity index (χ0n) is 7.82. The van der Waals surface area contributed by atoms with Gasteiger partial charge in [-0.3, -0.25) is 4.79 Å². The van der Waals surface area contributed by atoms with E-state index in [-0.39, 0.29) is 11.8 Å². The van der Waals surface area contributed by atoms with Crippen molar-refractivity contribution in [1.29, 1.82) is 0 Å². The number of H-pyrrole nitrogens is 1. The minimum absolute atomic E-state index is 0.00926. The number of aliphatic carboxylic acids is 1. The number of aromatic amines is 1. The maximum absolute atomic E-state index is 10.8. The van der Waals surface area contributed by atoms with Crippen molar-refractivity contribution in [3.8, 4) is 0 Å². The van der Waals surface area contributed by atoms with Crippen LogP contribution in [0, 0.1) is 5.92 Å². The van der Waals surface area contributed by atoms with Crippen molar-refractivity contribution < 1.29 is 9.90 Å².